The Bertz CT molecular complexity index is 811. The fraction of sp³-hybridized carbons (Fsp3) is 0.368. The van der Waals surface area contributed by atoms with Crippen molar-refractivity contribution in [1.29, 1.82) is 0 Å². The van der Waals surface area contributed by atoms with Gasteiger partial charge in [0.05, 0.1) is 17.5 Å². The number of rotatable bonds is 4. The van der Waals surface area contributed by atoms with E-state index < -0.39 is 17.7 Å². The molecule has 1 amide bonds. The van der Waals surface area contributed by atoms with Gasteiger partial charge in [0.15, 0.2) is 0 Å². The van der Waals surface area contributed by atoms with Gasteiger partial charge in [0.2, 0.25) is 5.91 Å². The van der Waals surface area contributed by atoms with Crippen molar-refractivity contribution in [2.24, 2.45) is 5.92 Å². The minimum atomic E-state index is -4.43. The van der Waals surface area contributed by atoms with Crippen LogP contribution in [0.15, 0.2) is 42.6 Å². The van der Waals surface area contributed by atoms with E-state index in [9.17, 15) is 18.0 Å². The molecule has 1 aromatic carbocycles. The van der Waals surface area contributed by atoms with E-state index in [1.165, 1.54) is 6.07 Å². The number of amides is 1. The number of alkyl halides is 3. The Morgan fingerprint density at radius 2 is 2.07 bits per heavy atom. The van der Waals surface area contributed by atoms with Crippen LogP contribution in [0.1, 0.15) is 35.7 Å². The average Bonchev–Trinajstić information content (AvgIpc) is 3.11. The molecule has 2 aromatic rings. The monoisotopic (exact) mass is 397 g/mol. The lowest BCUT2D eigenvalue weighted by Crippen LogP contribution is -2.36. The second-order valence-electron chi connectivity index (χ2n) is 6.63. The van der Waals surface area contributed by atoms with Crippen molar-refractivity contribution in [3.63, 3.8) is 0 Å². The molecule has 2 N–H and O–H groups in total. The summed E-state index contributed by atoms with van der Waals surface area (Å²) in [5.74, 6) is -0.853. The first kappa shape index (κ1) is 19.6. The second kappa shape index (κ2) is 7.86. The summed E-state index contributed by atoms with van der Waals surface area (Å²) >= 11 is 5.99. The fourth-order valence-electron chi connectivity index (χ4n) is 3.24. The van der Waals surface area contributed by atoms with Crippen molar-refractivity contribution in [1.82, 2.24) is 15.6 Å². The topological polar surface area (TPSA) is 54.0 Å². The third-order valence-electron chi connectivity index (χ3n) is 4.75. The van der Waals surface area contributed by atoms with Gasteiger partial charge < -0.3 is 10.6 Å². The number of nitrogens with one attached hydrogen (secondary N) is 2. The lowest BCUT2D eigenvalue weighted by atomic mass is 9.91. The van der Waals surface area contributed by atoms with Gasteiger partial charge in [-0.05, 0) is 36.8 Å². The number of benzene rings is 1. The standard InChI is InChI=1S/C19H19ClF3N3O/c1-11(12-3-2-4-14(20)7-12)26-18(27)16-10-24-9-15(16)17-6-5-13(8-25-17)19(21,22)23/h2-8,11,15-16,24H,9-10H2,1H3,(H,26,27)/t11-,15+,16+/m0/s1. The molecule has 27 heavy (non-hydrogen) atoms. The normalized spacial score (nSPS) is 21.1. The van der Waals surface area contributed by atoms with Crippen LogP contribution in [-0.2, 0) is 11.0 Å². The minimum absolute atomic E-state index is 0.167. The molecule has 0 saturated carbocycles. The van der Waals surface area contributed by atoms with Crippen LogP contribution in [-0.4, -0.2) is 24.0 Å². The van der Waals surface area contributed by atoms with Crippen LogP contribution in [0.3, 0.4) is 0 Å². The SMILES string of the molecule is C[C@H](NC(=O)[C@@H]1CNC[C@H]1c1ccc(C(F)(F)F)cn1)c1cccc(Cl)c1. The zero-order valence-electron chi connectivity index (χ0n) is 14.6. The van der Waals surface area contributed by atoms with Gasteiger partial charge in [-0.15, -0.1) is 0 Å². The molecule has 1 aliphatic heterocycles. The molecule has 1 fully saturated rings. The Labute approximate surface area is 160 Å². The summed E-state index contributed by atoms with van der Waals surface area (Å²) in [7, 11) is 0. The van der Waals surface area contributed by atoms with E-state index in [-0.39, 0.29) is 17.9 Å². The van der Waals surface area contributed by atoms with Crippen LogP contribution >= 0.6 is 11.6 Å². The zero-order valence-corrected chi connectivity index (χ0v) is 15.3. The first-order valence-electron chi connectivity index (χ1n) is 8.55. The highest BCUT2D eigenvalue weighted by molar-refractivity contribution is 6.30. The minimum Gasteiger partial charge on any atom is -0.349 e. The van der Waals surface area contributed by atoms with Gasteiger partial charge >= 0.3 is 6.18 Å². The Morgan fingerprint density at radius 3 is 2.70 bits per heavy atom. The average molecular weight is 398 g/mol. The van der Waals surface area contributed by atoms with Gasteiger partial charge in [0.25, 0.3) is 0 Å². The predicted octanol–water partition coefficient (Wildman–Crippen LogP) is 3.93. The van der Waals surface area contributed by atoms with Crippen LogP contribution in [0.5, 0.6) is 0 Å². The van der Waals surface area contributed by atoms with Gasteiger partial charge in [-0.2, -0.15) is 13.2 Å². The van der Waals surface area contributed by atoms with Crippen LogP contribution in [0.2, 0.25) is 5.02 Å². The molecule has 2 heterocycles. The molecule has 0 aliphatic carbocycles. The molecular formula is C19H19ClF3N3O. The van der Waals surface area contributed by atoms with Gasteiger partial charge in [-0.3, -0.25) is 9.78 Å². The summed E-state index contributed by atoms with van der Waals surface area (Å²) in [6.45, 7) is 2.79. The summed E-state index contributed by atoms with van der Waals surface area (Å²) in [5, 5.41) is 6.67. The van der Waals surface area contributed by atoms with Gasteiger partial charge in [0, 0.05) is 35.9 Å². The highest BCUT2D eigenvalue weighted by Gasteiger charge is 2.36. The van der Waals surface area contributed by atoms with E-state index in [0.29, 0.717) is 23.8 Å². The first-order chi connectivity index (χ1) is 12.8. The first-order valence-corrected chi connectivity index (χ1v) is 8.93. The molecule has 0 radical (unpaired) electrons. The van der Waals surface area contributed by atoms with Crippen molar-refractivity contribution in [3.8, 4) is 0 Å². The third kappa shape index (κ3) is 4.59. The number of hydrogen-bond donors (Lipinski definition) is 2. The van der Waals surface area contributed by atoms with Crippen LogP contribution in [0.4, 0.5) is 13.2 Å². The number of halogens is 4. The molecule has 144 valence electrons. The van der Waals surface area contributed by atoms with Crippen molar-refractivity contribution in [2.45, 2.75) is 25.1 Å². The molecule has 0 spiro atoms. The lowest BCUT2D eigenvalue weighted by molar-refractivity contribution is -0.137. The molecule has 1 aromatic heterocycles. The molecule has 1 aliphatic rings. The van der Waals surface area contributed by atoms with Crippen LogP contribution in [0, 0.1) is 5.92 Å². The van der Waals surface area contributed by atoms with Gasteiger partial charge in [-0.1, -0.05) is 23.7 Å². The summed E-state index contributed by atoms with van der Waals surface area (Å²) in [6.07, 6.45) is -3.61. The maximum absolute atomic E-state index is 12.7. The van der Waals surface area contributed by atoms with Gasteiger partial charge in [-0.25, -0.2) is 0 Å². The number of hydrogen-bond acceptors (Lipinski definition) is 3. The smallest absolute Gasteiger partial charge is 0.349 e. The molecule has 0 bridgehead atoms. The third-order valence-corrected chi connectivity index (χ3v) is 4.99. The zero-order chi connectivity index (χ0) is 19.6. The van der Waals surface area contributed by atoms with Crippen LogP contribution in [0.25, 0.3) is 0 Å². The van der Waals surface area contributed by atoms with E-state index >= 15 is 0 Å². The number of nitrogens with zero attached hydrogens (tertiary/aromatic N) is 1. The molecular weight excluding hydrogens is 379 g/mol. The van der Waals surface area contributed by atoms with E-state index in [2.05, 4.69) is 15.6 Å². The van der Waals surface area contributed by atoms with Gasteiger partial charge in [0.1, 0.15) is 0 Å². The van der Waals surface area contributed by atoms with E-state index in [1.807, 2.05) is 19.1 Å². The van der Waals surface area contributed by atoms with Crippen molar-refractivity contribution in [2.75, 3.05) is 13.1 Å². The Kier molecular flexibility index (Phi) is 5.72. The van der Waals surface area contributed by atoms with Crippen LogP contribution < -0.4 is 10.6 Å². The molecule has 8 heteroatoms. The number of carbonyl (C=O) groups is 1. The number of pyridine rings is 1. The maximum atomic E-state index is 12.7. The Balaban J connectivity index is 1.71. The van der Waals surface area contributed by atoms with Crippen molar-refractivity contribution < 1.29 is 18.0 Å². The molecule has 3 rings (SSSR count). The highest BCUT2D eigenvalue weighted by Crippen LogP contribution is 2.32. The fourth-order valence-corrected chi connectivity index (χ4v) is 3.44. The van der Waals surface area contributed by atoms with Crippen molar-refractivity contribution in [3.05, 3.63) is 64.4 Å². The highest BCUT2D eigenvalue weighted by atomic mass is 35.5. The number of aromatic nitrogens is 1. The molecule has 0 unspecified atom stereocenters. The summed E-state index contributed by atoms with van der Waals surface area (Å²) < 4.78 is 38.1. The Morgan fingerprint density at radius 1 is 1.30 bits per heavy atom. The molecule has 1 saturated heterocycles. The van der Waals surface area contributed by atoms with E-state index in [1.54, 1.807) is 12.1 Å². The maximum Gasteiger partial charge on any atom is 0.417 e. The second-order valence-corrected chi connectivity index (χ2v) is 7.06. The van der Waals surface area contributed by atoms with E-state index in [0.717, 1.165) is 17.8 Å². The lowest BCUT2D eigenvalue weighted by Gasteiger charge is -2.21. The largest absolute Gasteiger partial charge is 0.417 e. The quantitative estimate of drug-likeness (QED) is 0.821. The van der Waals surface area contributed by atoms with E-state index in [4.69, 9.17) is 11.6 Å². The summed E-state index contributed by atoms with van der Waals surface area (Å²) in [5.41, 5.74) is 0.558. The summed E-state index contributed by atoms with van der Waals surface area (Å²) in [4.78, 5) is 16.7. The molecule has 4 nitrogen and oxygen atoms in total. The number of carbonyl (C=O) groups excluding carboxylic acids is 1. The predicted molar refractivity (Wildman–Crippen MR) is 96.3 cm³/mol. The summed E-state index contributed by atoms with van der Waals surface area (Å²) in [6, 6.07) is 9.34. The Hall–Kier alpha value is -2.12. The molecule has 3 atom stereocenters. The van der Waals surface area contributed by atoms with Crippen molar-refractivity contribution >= 4 is 17.5 Å².